The number of phosphoric ester groups is 1. The maximum Gasteiger partial charge on any atom is 0.474 e. The van der Waals surface area contributed by atoms with Crippen LogP contribution in [0.2, 0.25) is 5.02 Å². The second kappa shape index (κ2) is 18.2. The topological polar surface area (TPSA) is 169 Å². The number of nitrogens with zero attached hydrogens (tertiary/aromatic N) is 2. The molecule has 0 aliphatic heterocycles. The van der Waals surface area contributed by atoms with Crippen LogP contribution in [0.15, 0.2) is 54.7 Å². The van der Waals surface area contributed by atoms with Crippen LogP contribution in [0.5, 0.6) is 0 Å². The predicted octanol–water partition coefficient (Wildman–Crippen LogP) is 5.28. The minimum atomic E-state index is -3.64. The van der Waals surface area contributed by atoms with Crippen LogP contribution in [0.3, 0.4) is 0 Å². The molecule has 1 heterocycles. The number of urea groups is 2. The highest BCUT2D eigenvalue weighted by atomic mass is 35.5. The smallest absolute Gasteiger partial charge is 0.447 e. The normalized spacial score (nSPS) is 11.8. The number of hydrogen-bond acceptors (Lipinski definition) is 9. The first-order chi connectivity index (χ1) is 22.0. The highest BCUT2D eigenvalue weighted by Crippen LogP contribution is 2.47. The number of aromatic nitrogens is 1. The van der Waals surface area contributed by atoms with Gasteiger partial charge in [-0.25, -0.2) is 28.3 Å². The van der Waals surface area contributed by atoms with Crippen molar-refractivity contribution in [2.45, 2.75) is 25.4 Å². The molecule has 3 rings (SSSR count). The number of benzene rings is 2. The van der Waals surface area contributed by atoms with E-state index in [1.54, 1.807) is 18.3 Å². The summed E-state index contributed by atoms with van der Waals surface area (Å²) in [5, 5.41) is 12.2. The molecule has 0 saturated heterocycles. The zero-order chi connectivity index (χ0) is 33.5. The summed E-state index contributed by atoms with van der Waals surface area (Å²) < 4.78 is 45.4. The molecule has 0 saturated carbocycles. The predicted molar refractivity (Wildman–Crippen MR) is 170 cm³/mol. The van der Waals surface area contributed by atoms with Gasteiger partial charge in [-0.15, -0.1) is 0 Å². The van der Waals surface area contributed by atoms with Crippen molar-refractivity contribution in [1.29, 1.82) is 0 Å². The van der Waals surface area contributed by atoms with Crippen molar-refractivity contribution in [2.24, 2.45) is 0 Å². The molecule has 5 amide bonds. The van der Waals surface area contributed by atoms with E-state index in [9.17, 15) is 23.3 Å². The van der Waals surface area contributed by atoms with E-state index in [1.807, 2.05) is 24.3 Å². The number of likely N-dealkylation sites (N-methyl/N-ethyl adjacent to an activating group) is 1. The molecule has 0 bridgehead atoms. The van der Waals surface area contributed by atoms with Gasteiger partial charge in [-0.3, -0.25) is 18.9 Å². The van der Waals surface area contributed by atoms with Gasteiger partial charge in [0.05, 0.1) is 17.7 Å². The van der Waals surface area contributed by atoms with Gasteiger partial charge in [-0.2, -0.15) is 0 Å². The third kappa shape index (κ3) is 11.4. The minimum absolute atomic E-state index is 0.0306. The van der Waals surface area contributed by atoms with Crippen molar-refractivity contribution in [2.75, 3.05) is 52.9 Å². The highest BCUT2D eigenvalue weighted by Gasteiger charge is 2.23. The molecule has 4 N–H and O–H groups in total. The Kier molecular flexibility index (Phi) is 14.4. The lowest BCUT2D eigenvalue weighted by Gasteiger charge is -2.28. The summed E-state index contributed by atoms with van der Waals surface area (Å²) in [5.74, 6) is -0.305. The van der Waals surface area contributed by atoms with Crippen LogP contribution >= 0.6 is 19.4 Å². The Morgan fingerprint density at radius 2 is 1.74 bits per heavy atom. The minimum Gasteiger partial charge on any atom is -0.447 e. The Balaban J connectivity index is 1.53. The molecule has 0 spiro atoms. The quantitative estimate of drug-likeness (QED) is 0.116. The molecule has 0 radical (unpaired) electrons. The molecule has 46 heavy (non-hydrogen) atoms. The Morgan fingerprint density at radius 1 is 1.02 bits per heavy atom. The van der Waals surface area contributed by atoms with E-state index in [0.717, 1.165) is 10.8 Å². The van der Waals surface area contributed by atoms with E-state index in [1.165, 1.54) is 38.3 Å². The van der Waals surface area contributed by atoms with Crippen LogP contribution in [0.25, 0.3) is 10.8 Å². The van der Waals surface area contributed by atoms with Gasteiger partial charge < -0.3 is 25.6 Å². The summed E-state index contributed by atoms with van der Waals surface area (Å²) >= 11 is 6.01. The molecule has 3 aromatic rings. The molecule has 250 valence electrons. The third-order valence-electron chi connectivity index (χ3n) is 6.68. The van der Waals surface area contributed by atoms with Crippen LogP contribution in [-0.4, -0.2) is 81.7 Å². The van der Waals surface area contributed by atoms with Gasteiger partial charge >= 0.3 is 26.0 Å². The maximum atomic E-state index is 13.8. The molecule has 0 aliphatic carbocycles. The molecule has 2 aromatic carbocycles. The van der Waals surface area contributed by atoms with Crippen LogP contribution in [0.4, 0.5) is 24.6 Å². The number of ether oxygens (including phenoxy) is 1. The second-order valence-corrected chi connectivity index (χ2v) is 12.0. The number of fused-ring (bicyclic) bond motifs is 1. The van der Waals surface area contributed by atoms with Crippen molar-refractivity contribution in [3.63, 3.8) is 0 Å². The van der Waals surface area contributed by atoms with Gasteiger partial charge in [0, 0.05) is 52.5 Å². The van der Waals surface area contributed by atoms with Gasteiger partial charge in [-0.1, -0.05) is 48.0 Å². The lowest BCUT2D eigenvalue weighted by atomic mass is 10.1. The zero-order valence-corrected chi connectivity index (χ0v) is 27.2. The number of anilines is 1. The standard InChI is InChI=1S/C29H37ClFN6O8P/c1-37(28(39)35-18-22-10-6-12-24(31)26(22)30)23(11-7-13-32-27(38)33-14-15-45-46(41,42-2)43-3)19-44-29(40)36-25-16-20-8-4-5-9-21(20)17-34-25/h4-6,8-10,12,16-17,23H,7,11,13-15,18-19H2,1-3H3,(H,35,39)(H2,32,33,38)(H,34,36,40). The van der Waals surface area contributed by atoms with Crippen molar-refractivity contribution in [1.82, 2.24) is 25.8 Å². The number of carbonyl (C=O) groups excluding carboxylic acids is 3. The fourth-order valence-corrected chi connectivity index (χ4v) is 4.97. The lowest BCUT2D eigenvalue weighted by molar-refractivity contribution is 0.113. The van der Waals surface area contributed by atoms with E-state index >= 15 is 0 Å². The van der Waals surface area contributed by atoms with Crippen LogP contribution in [-0.2, 0) is 29.4 Å². The van der Waals surface area contributed by atoms with Crippen LogP contribution < -0.4 is 21.3 Å². The number of halogens is 2. The third-order valence-corrected chi connectivity index (χ3v) is 8.50. The number of nitrogens with one attached hydrogen (secondary N) is 4. The Morgan fingerprint density at radius 3 is 2.48 bits per heavy atom. The zero-order valence-electron chi connectivity index (χ0n) is 25.6. The van der Waals surface area contributed by atoms with E-state index in [2.05, 4.69) is 35.3 Å². The average Bonchev–Trinajstić information content (AvgIpc) is 3.06. The number of amides is 5. The summed E-state index contributed by atoms with van der Waals surface area (Å²) in [5.41, 5.74) is 0.395. The van der Waals surface area contributed by atoms with Crippen molar-refractivity contribution >= 4 is 54.2 Å². The maximum absolute atomic E-state index is 13.8. The largest absolute Gasteiger partial charge is 0.474 e. The fraction of sp³-hybridized carbons (Fsp3) is 0.379. The molecule has 14 nitrogen and oxygen atoms in total. The summed E-state index contributed by atoms with van der Waals surface area (Å²) in [7, 11) is 0.240. The first-order valence-corrected chi connectivity index (χ1v) is 16.0. The summed E-state index contributed by atoms with van der Waals surface area (Å²) in [4.78, 5) is 43.3. The first-order valence-electron chi connectivity index (χ1n) is 14.1. The Bertz CT molecular complexity index is 1530. The van der Waals surface area contributed by atoms with Gasteiger partial charge in [0.1, 0.15) is 18.2 Å². The van der Waals surface area contributed by atoms with Crippen LogP contribution in [0.1, 0.15) is 18.4 Å². The van der Waals surface area contributed by atoms with Crippen LogP contribution in [0, 0.1) is 5.82 Å². The first kappa shape index (κ1) is 36.5. The summed E-state index contributed by atoms with van der Waals surface area (Å²) in [6, 6.07) is 11.9. The highest BCUT2D eigenvalue weighted by molar-refractivity contribution is 7.48. The number of phosphoric acid groups is 1. The molecule has 17 heteroatoms. The molecular weight excluding hydrogens is 646 g/mol. The van der Waals surface area contributed by atoms with Crippen molar-refractivity contribution in [3.05, 3.63) is 71.1 Å². The number of pyridine rings is 1. The van der Waals surface area contributed by atoms with E-state index in [0.29, 0.717) is 24.2 Å². The summed E-state index contributed by atoms with van der Waals surface area (Å²) in [6.45, 7) is -0.0507. The lowest BCUT2D eigenvalue weighted by Crippen LogP contribution is -2.46. The van der Waals surface area contributed by atoms with E-state index < -0.39 is 37.8 Å². The summed E-state index contributed by atoms with van der Waals surface area (Å²) in [6.07, 6.45) is 1.60. The number of hydrogen-bond donors (Lipinski definition) is 4. The van der Waals surface area contributed by atoms with Gasteiger partial charge in [0.15, 0.2) is 0 Å². The average molecular weight is 683 g/mol. The second-order valence-electron chi connectivity index (χ2n) is 9.75. The Hall–Kier alpha value is -4.01. The fourth-order valence-electron chi connectivity index (χ4n) is 4.10. The monoisotopic (exact) mass is 682 g/mol. The molecule has 0 fully saturated rings. The van der Waals surface area contributed by atoms with Gasteiger partial charge in [0.25, 0.3) is 0 Å². The van der Waals surface area contributed by atoms with E-state index in [4.69, 9.17) is 20.9 Å². The molecule has 1 aromatic heterocycles. The van der Waals surface area contributed by atoms with Gasteiger partial charge in [0.2, 0.25) is 0 Å². The van der Waals surface area contributed by atoms with Gasteiger partial charge in [-0.05, 0) is 35.9 Å². The van der Waals surface area contributed by atoms with Crippen molar-refractivity contribution < 1.29 is 41.6 Å². The SMILES string of the molecule is COP(=O)(OC)OCCNC(=O)NCCCC(COC(=O)Nc1cc2ccccc2cn1)N(C)C(=O)NCc1cccc(F)c1Cl. The Labute approximate surface area is 270 Å². The van der Waals surface area contributed by atoms with E-state index in [-0.39, 0.29) is 37.9 Å². The molecule has 1 atom stereocenters. The number of carbonyl (C=O) groups is 3. The van der Waals surface area contributed by atoms with Crippen molar-refractivity contribution in [3.8, 4) is 0 Å². The molecular formula is C29H37ClFN6O8P. The molecule has 1 unspecified atom stereocenters. The molecule has 0 aliphatic rings. The number of rotatable bonds is 16.